The minimum atomic E-state index is -0.348. The highest BCUT2D eigenvalue weighted by Gasteiger charge is 2.22. The molecule has 0 radical (unpaired) electrons. The third kappa shape index (κ3) is 4.63. The summed E-state index contributed by atoms with van der Waals surface area (Å²) in [4.78, 5) is 13.6. The molecule has 1 heterocycles. The van der Waals surface area contributed by atoms with Gasteiger partial charge >= 0.3 is 0 Å². The Bertz CT molecular complexity index is 844. The maximum absolute atomic E-state index is 14.3. The molecule has 1 aliphatic heterocycles. The second-order valence-electron chi connectivity index (χ2n) is 6.72. The van der Waals surface area contributed by atoms with Crippen LogP contribution in [0.25, 0.3) is 0 Å². The smallest absolute Gasteiger partial charge is 0.251 e. The highest BCUT2D eigenvalue weighted by molar-refractivity contribution is 5.93. The van der Waals surface area contributed by atoms with Crippen molar-refractivity contribution in [3.8, 4) is 6.07 Å². The molecule has 6 heteroatoms. The van der Waals surface area contributed by atoms with E-state index < -0.39 is 0 Å². The first-order valence-electron chi connectivity index (χ1n) is 9.09. The molecule has 2 aromatic rings. The van der Waals surface area contributed by atoms with Crippen LogP contribution in [0.5, 0.6) is 0 Å². The van der Waals surface area contributed by atoms with Crippen LogP contribution in [-0.2, 0) is 6.54 Å². The minimum Gasteiger partial charge on any atom is -0.368 e. The average Bonchev–Trinajstić information content (AvgIpc) is 2.72. The molecule has 0 spiro atoms. The maximum atomic E-state index is 14.3. The average molecular weight is 366 g/mol. The van der Waals surface area contributed by atoms with Crippen LogP contribution in [0, 0.1) is 17.1 Å². The fourth-order valence-corrected chi connectivity index (χ4v) is 3.38. The molecule has 0 aromatic heterocycles. The molecule has 2 N–H and O–H groups in total. The third-order valence-corrected chi connectivity index (χ3v) is 4.88. The number of nitrogens with zero attached hydrogens (tertiary/aromatic N) is 2. The van der Waals surface area contributed by atoms with Crippen molar-refractivity contribution in [2.75, 3.05) is 25.0 Å². The highest BCUT2D eigenvalue weighted by atomic mass is 19.1. The van der Waals surface area contributed by atoms with Crippen LogP contribution in [0.4, 0.5) is 10.1 Å². The fraction of sp³-hybridized carbons (Fsp3) is 0.333. The number of anilines is 1. The van der Waals surface area contributed by atoms with Crippen molar-refractivity contribution in [1.82, 2.24) is 10.6 Å². The number of halogens is 1. The van der Waals surface area contributed by atoms with Crippen molar-refractivity contribution in [2.24, 2.45) is 0 Å². The molecule has 5 nitrogen and oxygen atoms in total. The number of hydrogen-bond donors (Lipinski definition) is 2. The first kappa shape index (κ1) is 18.9. The Morgan fingerprint density at radius 1 is 1.30 bits per heavy atom. The van der Waals surface area contributed by atoms with E-state index in [2.05, 4.69) is 10.6 Å². The van der Waals surface area contributed by atoms with Crippen molar-refractivity contribution in [2.45, 2.75) is 25.4 Å². The monoisotopic (exact) mass is 366 g/mol. The summed E-state index contributed by atoms with van der Waals surface area (Å²) in [5.41, 5.74) is 2.63. The van der Waals surface area contributed by atoms with Gasteiger partial charge < -0.3 is 15.5 Å². The van der Waals surface area contributed by atoms with Crippen LogP contribution in [0.1, 0.15) is 34.3 Å². The second-order valence-corrected chi connectivity index (χ2v) is 6.72. The Morgan fingerprint density at radius 3 is 2.74 bits per heavy atom. The molecular weight excluding hydrogens is 343 g/mol. The van der Waals surface area contributed by atoms with Gasteiger partial charge in [-0.1, -0.05) is 12.1 Å². The van der Waals surface area contributed by atoms with Crippen molar-refractivity contribution in [3.63, 3.8) is 0 Å². The number of nitriles is 1. The molecule has 2 aromatic carbocycles. The van der Waals surface area contributed by atoms with E-state index in [4.69, 9.17) is 5.26 Å². The second kappa shape index (κ2) is 8.65. The maximum Gasteiger partial charge on any atom is 0.251 e. The largest absolute Gasteiger partial charge is 0.368 e. The van der Waals surface area contributed by atoms with Gasteiger partial charge in [0.25, 0.3) is 5.91 Å². The Morgan fingerprint density at radius 2 is 2.07 bits per heavy atom. The van der Waals surface area contributed by atoms with Gasteiger partial charge in [-0.25, -0.2) is 4.39 Å². The zero-order valence-corrected chi connectivity index (χ0v) is 15.3. The lowest BCUT2D eigenvalue weighted by molar-refractivity contribution is 0.0963. The van der Waals surface area contributed by atoms with Crippen molar-refractivity contribution in [1.29, 1.82) is 5.26 Å². The normalized spacial score (nSPS) is 16.6. The van der Waals surface area contributed by atoms with Gasteiger partial charge in [0.1, 0.15) is 5.82 Å². The highest BCUT2D eigenvalue weighted by Crippen LogP contribution is 2.24. The van der Waals surface area contributed by atoms with Crippen LogP contribution in [-0.4, -0.2) is 32.1 Å². The molecule has 0 unspecified atom stereocenters. The lowest BCUT2D eigenvalue weighted by Gasteiger charge is -2.35. The zero-order chi connectivity index (χ0) is 19.2. The van der Waals surface area contributed by atoms with Crippen LogP contribution >= 0.6 is 0 Å². The summed E-state index contributed by atoms with van der Waals surface area (Å²) < 4.78 is 14.3. The molecule has 1 saturated heterocycles. The predicted octanol–water partition coefficient (Wildman–Crippen LogP) is 2.82. The number of hydrogen-bond acceptors (Lipinski definition) is 4. The molecule has 1 amide bonds. The number of rotatable bonds is 5. The van der Waals surface area contributed by atoms with Crippen molar-refractivity contribution in [3.05, 3.63) is 65.0 Å². The number of carbonyl (C=O) groups excluding carboxylic acids is 1. The number of nitrogens with one attached hydrogen (secondary N) is 2. The van der Waals surface area contributed by atoms with Crippen LogP contribution in [0.15, 0.2) is 42.5 Å². The number of carbonyl (C=O) groups is 1. The summed E-state index contributed by atoms with van der Waals surface area (Å²) >= 11 is 0. The third-order valence-electron chi connectivity index (χ3n) is 4.88. The van der Waals surface area contributed by atoms with E-state index in [1.54, 1.807) is 19.2 Å². The van der Waals surface area contributed by atoms with E-state index in [1.807, 2.05) is 35.2 Å². The Labute approximate surface area is 158 Å². The van der Waals surface area contributed by atoms with Gasteiger partial charge in [0, 0.05) is 38.3 Å². The zero-order valence-electron chi connectivity index (χ0n) is 15.3. The van der Waals surface area contributed by atoms with Gasteiger partial charge in [-0.2, -0.15) is 5.26 Å². The van der Waals surface area contributed by atoms with E-state index in [1.165, 1.54) is 6.07 Å². The predicted molar refractivity (Wildman–Crippen MR) is 103 cm³/mol. The molecule has 3 rings (SSSR count). The number of amides is 1. The molecule has 140 valence electrons. The van der Waals surface area contributed by atoms with Gasteiger partial charge in [-0.05, 0) is 48.7 Å². The molecule has 27 heavy (non-hydrogen) atoms. The van der Waals surface area contributed by atoms with Crippen molar-refractivity contribution >= 4 is 11.6 Å². The quantitative estimate of drug-likeness (QED) is 0.854. The van der Waals surface area contributed by atoms with Gasteiger partial charge in [-0.15, -0.1) is 0 Å². The number of benzene rings is 2. The standard InChI is InChI=1S/C21H23FN4O/c1-24-21(27)17-7-4-15(5-8-17)13-25-18-3-2-10-26(14-18)20-9-6-16(12-23)11-19(20)22/h4-9,11,18,25H,2-3,10,13-14H2,1H3,(H,24,27)/t18-/m0/s1. The van der Waals surface area contributed by atoms with Crippen molar-refractivity contribution < 1.29 is 9.18 Å². The number of piperidine rings is 1. The first-order chi connectivity index (χ1) is 13.1. The van der Waals surface area contributed by atoms with Crippen LogP contribution in [0.3, 0.4) is 0 Å². The SMILES string of the molecule is CNC(=O)c1ccc(CN[C@H]2CCCN(c3ccc(C#N)cc3F)C2)cc1. The van der Waals surface area contributed by atoms with E-state index >= 15 is 0 Å². The first-order valence-corrected chi connectivity index (χ1v) is 9.09. The molecule has 0 aliphatic carbocycles. The summed E-state index contributed by atoms with van der Waals surface area (Å²) in [6.07, 6.45) is 2.01. The van der Waals surface area contributed by atoms with Gasteiger partial charge in [0.2, 0.25) is 0 Å². The summed E-state index contributed by atoms with van der Waals surface area (Å²) in [5, 5.41) is 15.0. The lowest BCUT2D eigenvalue weighted by Crippen LogP contribution is -2.45. The summed E-state index contributed by atoms with van der Waals surface area (Å²) in [5.74, 6) is -0.443. The molecule has 1 atom stereocenters. The van der Waals surface area contributed by atoms with Gasteiger partial charge in [0.05, 0.1) is 17.3 Å². The van der Waals surface area contributed by atoms with E-state index in [-0.39, 0.29) is 17.8 Å². The summed E-state index contributed by atoms with van der Waals surface area (Å²) in [6.45, 7) is 2.23. The fourth-order valence-electron chi connectivity index (χ4n) is 3.38. The van der Waals surface area contributed by atoms with Gasteiger partial charge in [-0.3, -0.25) is 4.79 Å². The Hall–Kier alpha value is -2.91. The summed E-state index contributed by atoms with van der Waals surface area (Å²) in [7, 11) is 1.61. The molecular formula is C21H23FN4O. The molecule has 0 bridgehead atoms. The van der Waals surface area contributed by atoms with E-state index in [9.17, 15) is 9.18 Å². The Kier molecular flexibility index (Phi) is 6.05. The lowest BCUT2D eigenvalue weighted by atomic mass is 10.0. The van der Waals surface area contributed by atoms with Crippen LogP contribution < -0.4 is 15.5 Å². The molecule has 1 aliphatic rings. The van der Waals surface area contributed by atoms with E-state index in [0.29, 0.717) is 23.4 Å². The topological polar surface area (TPSA) is 68.2 Å². The summed E-state index contributed by atoms with van der Waals surface area (Å²) in [6, 6.07) is 14.4. The van der Waals surface area contributed by atoms with E-state index in [0.717, 1.165) is 31.5 Å². The Balaban J connectivity index is 1.59. The van der Waals surface area contributed by atoms with Gasteiger partial charge in [0.15, 0.2) is 0 Å². The molecule has 1 fully saturated rings. The minimum absolute atomic E-state index is 0.0955. The molecule has 0 saturated carbocycles. The van der Waals surface area contributed by atoms with Crippen LogP contribution in [0.2, 0.25) is 0 Å².